The fourth-order valence-electron chi connectivity index (χ4n) is 2.69. The van der Waals surface area contributed by atoms with Gasteiger partial charge in [-0.2, -0.15) is 0 Å². The molecule has 0 radical (unpaired) electrons. The van der Waals surface area contributed by atoms with E-state index in [4.69, 9.17) is 11.6 Å². The number of benzene rings is 2. The van der Waals surface area contributed by atoms with E-state index in [1.54, 1.807) is 17.8 Å². The van der Waals surface area contributed by atoms with Crippen molar-refractivity contribution in [3.8, 4) is 11.4 Å². The molecule has 0 N–H and O–H groups in total. The highest BCUT2D eigenvalue weighted by molar-refractivity contribution is 7.98. The summed E-state index contributed by atoms with van der Waals surface area (Å²) in [5, 5.41) is 9.99. The van der Waals surface area contributed by atoms with E-state index >= 15 is 0 Å². The molecule has 0 aliphatic rings. The van der Waals surface area contributed by atoms with Gasteiger partial charge in [0.25, 0.3) is 0 Å². The van der Waals surface area contributed by atoms with Gasteiger partial charge in [0.05, 0.1) is 0 Å². The van der Waals surface area contributed by atoms with Gasteiger partial charge in [-0.1, -0.05) is 67.5 Å². The summed E-state index contributed by atoms with van der Waals surface area (Å²) < 4.78 is 15.3. The van der Waals surface area contributed by atoms with Gasteiger partial charge < -0.3 is 4.57 Å². The van der Waals surface area contributed by atoms with Gasteiger partial charge in [-0.25, -0.2) is 4.39 Å². The summed E-state index contributed by atoms with van der Waals surface area (Å²) in [7, 11) is 0. The van der Waals surface area contributed by atoms with Gasteiger partial charge in [0.2, 0.25) is 0 Å². The van der Waals surface area contributed by atoms with Crippen LogP contribution in [0.2, 0.25) is 5.02 Å². The summed E-state index contributed by atoms with van der Waals surface area (Å²) in [6.07, 6.45) is 0. The number of thioether (sulfide) groups is 1. The van der Waals surface area contributed by atoms with Gasteiger partial charge in [0.1, 0.15) is 5.82 Å². The summed E-state index contributed by atoms with van der Waals surface area (Å²) in [6.45, 7) is 7.20. The SMILES string of the molecule is CCn1c(SCc2ccc(F)cc2Cl)nnc1-c1ccc(C(C)C)cc1. The predicted molar refractivity (Wildman–Crippen MR) is 106 cm³/mol. The number of halogens is 2. The number of rotatable bonds is 6. The first kappa shape index (κ1) is 18.9. The van der Waals surface area contributed by atoms with Crippen molar-refractivity contribution in [2.24, 2.45) is 0 Å². The minimum absolute atomic E-state index is 0.326. The molecule has 0 amide bonds. The maximum atomic E-state index is 13.2. The van der Waals surface area contributed by atoms with Crippen molar-refractivity contribution >= 4 is 23.4 Å². The molecule has 0 aliphatic carbocycles. The molecule has 0 atom stereocenters. The molecule has 3 rings (SSSR count). The van der Waals surface area contributed by atoms with Crippen LogP contribution >= 0.6 is 23.4 Å². The second-order valence-corrected chi connectivity index (χ2v) is 7.70. The fraction of sp³-hybridized carbons (Fsp3) is 0.300. The quantitative estimate of drug-likeness (QED) is 0.472. The maximum absolute atomic E-state index is 13.2. The Labute approximate surface area is 162 Å². The molecule has 1 aromatic heterocycles. The lowest BCUT2D eigenvalue weighted by Gasteiger charge is -2.09. The molecule has 1 heterocycles. The number of hydrogen-bond acceptors (Lipinski definition) is 3. The summed E-state index contributed by atoms with van der Waals surface area (Å²) in [4.78, 5) is 0. The predicted octanol–water partition coefficient (Wildman–Crippen LogP) is 6.17. The molecule has 0 saturated carbocycles. The highest BCUT2D eigenvalue weighted by Gasteiger charge is 2.14. The van der Waals surface area contributed by atoms with Crippen LogP contribution in [-0.2, 0) is 12.3 Å². The van der Waals surface area contributed by atoms with Crippen LogP contribution in [0.4, 0.5) is 4.39 Å². The standard InChI is InChI=1S/C20H21ClFN3S/c1-4-25-19(15-7-5-14(6-8-15)13(2)3)23-24-20(25)26-12-16-9-10-17(22)11-18(16)21/h5-11,13H,4,12H2,1-3H3. The van der Waals surface area contributed by atoms with E-state index in [-0.39, 0.29) is 5.82 Å². The lowest BCUT2D eigenvalue weighted by Crippen LogP contribution is -2.00. The summed E-state index contributed by atoms with van der Waals surface area (Å²) >= 11 is 7.67. The Balaban J connectivity index is 1.81. The van der Waals surface area contributed by atoms with Crippen LogP contribution in [-0.4, -0.2) is 14.8 Å². The van der Waals surface area contributed by atoms with Crippen LogP contribution in [0.15, 0.2) is 47.6 Å². The van der Waals surface area contributed by atoms with Crippen molar-refractivity contribution in [2.75, 3.05) is 0 Å². The Kier molecular flexibility index (Phi) is 5.99. The van der Waals surface area contributed by atoms with Gasteiger partial charge in [-0.3, -0.25) is 0 Å². The van der Waals surface area contributed by atoms with Crippen molar-refractivity contribution in [3.63, 3.8) is 0 Å². The third-order valence-corrected chi connectivity index (χ3v) is 5.61. The largest absolute Gasteiger partial charge is 0.302 e. The zero-order valence-electron chi connectivity index (χ0n) is 15.0. The first-order valence-corrected chi connectivity index (χ1v) is 9.96. The van der Waals surface area contributed by atoms with E-state index in [0.717, 1.165) is 28.7 Å². The smallest absolute Gasteiger partial charge is 0.191 e. The lowest BCUT2D eigenvalue weighted by atomic mass is 10.0. The number of hydrogen-bond donors (Lipinski definition) is 0. The van der Waals surface area contributed by atoms with E-state index in [2.05, 4.69) is 59.8 Å². The molecule has 0 spiro atoms. The molecule has 3 nitrogen and oxygen atoms in total. The van der Waals surface area contributed by atoms with Crippen LogP contribution in [0, 0.1) is 5.82 Å². The minimum Gasteiger partial charge on any atom is -0.302 e. The average Bonchev–Trinajstić information content (AvgIpc) is 3.04. The minimum atomic E-state index is -0.326. The highest BCUT2D eigenvalue weighted by atomic mass is 35.5. The second kappa shape index (κ2) is 8.23. The molecule has 0 aliphatic heterocycles. The van der Waals surface area contributed by atoms with Gasteiger partial charge in [-0.15, -0.1) is 10.2 Å². The summed E-state index contributed by atoms with van der Waals surface area (Å²) in [5.74, 6) is 1.64. The molecule has 0 bridgehead atoms. The second-order valence-electron chi connectivity index (χ2n) is 6.35. The van der Waals surface area contributed by atoms with Crippen molar-refractivity contribution < 1.29 is 4.39 Å². The van der Waals surface area contributed by atoms with Gasteiger partial charge >= 0.3 is 0 Å². The lowest BCUT2D eigenvalue weighted by molar-refractivity contribution is 0.627. The molecule has 0 saturated heterocycles. The van der Waals surface area contributed by atoms with Gasteiger partial charge in [0, 0.05) is 22.9 Å². The summed E-state index contributed by atoms with van der Waals surface area (Å²) in [5.41, 5.74) is 3.24. The molecule has 2 aromatic carbocycles. The van der Waals surface area contributed by atoms with Crippen LogP contribution in [0.3, 0.4) is 0 Å². The third kappa shape index (κ3) is 4.10. The Bertz CT molecular complexity index is 891. The zero-order valence-corrected chi connectivity index (χ0v) is 16.6. The first-order chi connectivity index (χ1) is 12.5. The van der Waals surface area contributed by atoms with Crippen molar-refractivity contribution in [1.29, 1.82) is 0 Å². The van der Waals surface area contributed by atoms with Crippen molar-refractivity contribution in [2.45, 2.75) is 44.1 Å². The monoisotopic (exact) mass is 389 g/mol. The highest BCUT2D eigenvalue weighted by Crippen LogP contribution is 2.29. The topological polar surface area (TPSA) is 30.7 Å². The first-order valence-electron chi connectivity index (χ1n) is 8.59. The molecular weight excluding hydrogens is 369 g/mol. The zero-order chi connectivity index (χ0) is 18.7. The molecule has 26 heavy (non-hydrogen) atoms. The molecule has 3 aromatic rings. The molecule has 0 unspecified atom stereocenters. The van der Waals surface area contributed by atoms with Crippen molar-refractivity contribution in [1.82, 2.24) is 14.8 Å². The molecule has 136 valence electrons. The van der Waals surface area contributed by atoms with Crippen LogP contribution in [0.25, 0.3) is 11.4 Å². The normalized spacial score (nSPS) is 11.3. The van der Waals surface area contributed by atoms with Crippen LogP contribution < -0.4 is 0 Å². The average molecular weight is 390 g/mol. The number of nitrogens with zero attached hydrogens (tertiary/aromatic N) is 3. The maximum Gasteiger partial charge on any atom is 0.191 e. The van der Waals surface area contributed by atoms with Crippen LogP contribution in [0.5, 0.6) is 0 Å². The van der Waals surface area contributed by atoms with Gasteiger partial charge in [-0.05, 0) is 36.1 Å². The van der Waals surface area contributed by atoms with Crippen molar-refractivity contribution in [3.05, 3.63) is 64.4 Å². The molecular formula is C20H21ClFN3S. The van der Waals surface area contributed by atoms with Gasteiger partial charge in [0.15, 0.2) is 11.0 Å². The Morgan fingerprint density at radius 2 is 1.85 bits per heavy atom. The van der Waals surface area contributed by atoms with E-state index in [1.165, 1.54) is 17.7 Å². The van der Waals surface area contributed by atoms with E-state index in [9.17, 15) is 4.39 Å². The van der Waals surface area contributed by atoms with E-state index < -0.39 is 0 Å². The Morgan fingerprint density at radius 1 is 1.12 bits per heavy atom. The fourth-order valence-corrected chi connectivity index (χ4v) is 4.01. The summed E-state index contributed by atoms with van der Waals surface area (Å²) in [6, 6.07) is 12.9. The third-order valence-electron chi connectivity index (χ3n) is 4.24. The number of aromatic nitrogens is 3. The van der Waals surface area contributed by atoms with Crippen LogP contribution in [0.1, 0.15) is 37.8 Å². The molecule has 0 fully saturated rings. The Morgan fingerprint density at radius 3 is 2.46 bits per heavy atom. The molecule has 6 heteroatoms. The van der Waals surface area contributed by atoms with E-state index in [0.29, 0.717) is 16.7 Å². The van der Waals surface area contributed by atoms with E-state index in [1.807, 2.05) is 0 Å². The Hall–Kier alpha value is -1.85.